The molecule has 2 aromatic rings. The van der Waals surface area contributed by atoms with Gasteiger partial charge in [0, 0.05) is 26.2 Å². The highest BCUT2D eigenvalue weighted by Gasteiger charge is 2.16. The van der Waals surface area contributed by atoms with Crippen LogP contribution in [-0.4, -0.2) is 48.1 Å². The van der Waals surface area contributed by atoms with Crippen LogP contribution in [0.1, 0.15) is 0 Å². The molecular weight excluding hydrogens is 220 g/mol. The summed E-state index contributed by atoms with van der Waals surface area (Å²) in [5, 5.41) is 2.06. The summed E-state index contributed by atoms with van der Waals surface area (Å²) >= 11 is 1.69. The standard InChI is InChI=1S/C11H14N4S/c1-14-3-5-15(6-4-14)11-12-8-10-9(13-11)2-7-16-10/h2,7-8H,3-6H2,1H3. The van der Waals surface area contributed by atoms with Crippen molar-refractivity contribution in [3.05, 3.63) is 17.6 Å². The molecule has 16 heavy (non-hydrogen) atoms. The molecule has 84 valence electrons. The molecule has 2 aromatic heterocycles. The molecule has 0 radical (unpaired) electrons. The van der Waals surface area contributed by atoms with Crippen molar-refractivity contribution in [3.63, 3.8) is 0 Å². The molecule has 1 aliphatic heterocycles. The molecule has 0 bridgehead atoms. The van der Waals surface area contributed by atoms with Gasteiger partial charge in [0.05, 0.1) is 16.4 Å². The second-order valence-electron chi connectivity index (χ2n) is 4.13. The van der Waals surface area contributed by atoms with Gasteiger partial charge in [-0.25, -0.2) is 9.97 Å². The third kappa shape index (κ3) is 1.76. The first-order chi connectivity index (χ1) is 7.83. The van der Waals surface area contributed by atoms with Gasteiger partial charge >= 0.3 is 0 Å². The minimum absolute atomic E-state index is 0.874. The van der Waals surface area contributed by atoms with E-state index >= 15 is 0 Å². The fourth-order valence-corrected chi connectivity index (χ4v) is 2.61. The lowest BCUT2D eigenvalue weighted by atomic mass is 10.3. The second-order valence-corrected chi connectivity index (χ2v) is 5.08. The molecule has 5 heteroatoms. The summed E-state index contributed by atoms with van der Waals surface area (Å²) in [6.45, 7) is 4.22. The van der Waals surface area contributed by atoms with Crippen LogP contribution in [0.25, 0.3) is 10.2 Å². The Balaban J connectivity index is 1.87. The Morgan fingerprint density at radius 2 is 2.06 bits per heavy atom. The second kappa shape index (κ2) is 3.99. The lowest BCUT2D eigenvalue weighted by molar-refractivity contribution is 0.311. The van der Waals surface area contributed by atoms with Crippen molar-refractivity contribution in [2.24, 2.45) is 0 Å². The number of fused-ring (bicyclic) bond motifs is 1. The summed E-state index contributed by atoms with van der Waals surface area (Å²) in [4.78, 5) is 13.6. The van der Waals surface area contributed by atoms with Gasteiger partial charge in [-0.05, 0) is 18.5 Å². The summed E-state index contributed by atoms with van der Waals surface area (Å²) in [5.74, 6) is 0.874. The Hall–Kier alpha value is -1.20. The van der Waals surface area contributed by atoms with E-state index in [4.69, 9.17) is 0 Å². The number of nitrogens with zero attached hydrogens (tertiary/aromatic N) is 4. The largest absolute Gasteiger partial charge is 0.338 e. The van der Waals surface area contributed by atoms with Crippen molar-refractivity contribution in [3.8, 4) is 0 Å². The molecule has 0 saturated carbocycles. The number of hydrogen-bond donors (Lipinski definition) is 0. The maximum absolute atomic E-state index is 4.59. The van der Waals surface area contributed by atoms with E-state index in [1.54, 1.807) is 11.3 Å². The summed E-state index contributed by atoms with van der Waals surface area (Å²) < 4.78 is 1.16. The molecule has 0 N–H and O–H groups in total. The molecule has 0 amide bonds. The van der Waals surface area contributed by atoms with Crippen LogP contribution in [0, 0.1) is 0 Å². The third-order valence-electron chi connectivity index (χ3n) is 2.98. The highest BCUT2D eigenvalue weighted by Crippen LogP contribution is 2.20. The van der Waals surface area contributed by atoms with Crippen LogP contribution in [0.3, 0.4) is 0 Å². The minimum Gasteiger partial charge on any atom is -0.338 e. The molecule has 0 aromatic carbocycles. The fraction of sp³-hybridized carbons (Fsp3) is 0.455. The van der Waals surface area contributed by atoms with Gasteiger partial charge in [0.1, 0.15) is 0 Å². The number of rotatable bonds is 1. The number of hydrogen-bond acceptors (Lipinski definition) is 5. The van der Waals surface area contributed by atoms with Gasteiger partial charge in [0.15, 0.2) is 0 Å². The maximum Gasteiger partial charge on any atom is 0.226 e. The van der Waals surface area contributed by atoms with Crippen molar-refractivity contribution in [2.75, 3.05) is 38.1 Å². The number of likely N-dealkylation sites (N-methyl/N-ethyl adjacent to an activating group) is 1. The van der Waals surface area contributed by atoms with Crippen LogP contribution >= 0.6 is 11.3 Å². The summed E-state index contributed by atoms with van der Waals surface area (Å²) in [7, 11) is 2.15. The predicted molar refractivity (Wildman–Crippen MR) is 67.1 cm³/mol. The molecular formula is C11H14N4S. The van der Waals surface area contributed by atoms with Crippen molar-refractivity contribution < 1.29 is 0 Å². The molecule has 4 nitrogen and oxygen atoms in total. The smallest absolute Gasteiger partial charge is 0.226 e. The molecule has 0 unspecified atom stereocenters. The molecule has 0 aliphatic carbocycles. The first-order valence-corrected chi connectivity index (χ1v) is 6.34. The van der Waals surface area contributed by atoms with Gasteiger partial charge in [0.2, 0.25) is 5.95 Å². The zero-order chi connectivity index (χ0) is 11.0. The molecule has 1 fully saturated rings. The topological polar surface area (TPSA) is 32.3 Å². The Kier molecular flexibility index (Phi) is 2.49. The monoisotopic (exact) mass is 234 g/mol. The lowest BCUT2D eigenvalue weighted by Crippen LogP contribution is -2.45. The zero-order valence-electron chi connectivity index (χ0n) is 9.26. The predicted octanol–water partition coefficient (Wildman–Crippen LogP) is 1.44. The molecule has 0 spiro atoms. The van der Waals surface area contributed by atoms with Gasteiger partial charge in [-0.3, -0.25) is 0 Å². The summed E-state index contributed by atoms with van der Waals surface area (Å²) in [6.07, 6.45) is 1.93. The SMILES string of the molecule is CN1CCN(c2ncc3sccc3n2)CC1. The van der Waals surface area contributed by atoms with Crippen LogP contribution < -0.4 is 4.90 Å². The van der Waals surface area contributed by atoms with E-state index in [-0.39, 0.29) is 0 Å². The first kappa shape index (κ1) is 9.99. The van der Waals surface area contributed by atoms with E-state index in [0.717, 1.165) is 42.3 Å². The molecule has 3 rings (SSSR count). The molecule has 0 atom stereocenters. The highest BCUT2D eigenvalue weighted by atomic mass is 32.1. The van der Waals surface area contributed by atoms with Crippen LogP contribution in [0.15, 0.2) is 17.6 Å². The Morgan fingerprint density at radius 1 is 1.25 bits per heavy atom. The zero-order valence-corrected chi connectivity index (χ0v) is 10.1. The Labute approximate surface area is 98.5 Å². The van der Waals surface area contributed by atoms with E-state index in [2.05, 4.69) is 38.3 Å². The van der Waals surface area contributed by atoms with Crippen molar-refractivity contribution in [1.29, 1.82) is 0 Å². The fourth-order valence-electron chi connectivity index (χ4n) is 1.91. The van der Waals surface area contributed by atoms with E-state index in [1.165, 1.54) is 0 Å². The van der Waals surface area contributed by atoms with Crippen LogP contribution in [0.4, 0.5) is 5.95 Å². The van der Waals surface area contributed by atoms with Crippen molar-refractivity contribution >= 4 is 27.5 Å². The summed E-state index contributed by atoms with van der Waals surface area (Å²) in [5.41, 5.74) is 1.06. The van der Waals surface area contributed by atoms with Crippen LogP contribution in [0.5, 0.6) is 0 Å². The van der Waals surface area contributed by atoms with Gasteiger partial charge in [-0.15, -0.1) is 11.3 Å². The first-order valence-electron chi connectivity index (χ1n) is 5.47. The maximum atomic E-state index is 4.59. The summed E-state index contributed by atoms with van der Waals surface area (Å²) in [6, 6.07) is 2.06. The van der Waals surface area contributed by atoms with Crippen LogP contribution in [0.2, 0.25) is 0 Å². The molecule has 1 saturated heterocycles. The number of thiophene rings is 1. The average molecular weight is 234 g/mol. The minimum atomic E-state index is 0.874. The van der Waals surface area contributed by atoms with Gasteiger partial charge in [-0.2, -0.15) is 0 Å². The van der Waals surface area contributed by atoms with Gasteiger partial charge < -0.3 is 9.80 Å². The van der Waals surface area contributed by atoms with E-state index in [1.807, 2.05) is 6.20 Å². The van der Waals surface area contributed by atoms with Gasteiger partial charge in [0.25, 0.3) is 0 Å². The third-order valence-corrected chi connectivity index (χ3v) is 3.82. The van der Waals surface area contributed by atoms with E-state index in [9.17, 15) is 0 Å². The van der Waals surface area contributed by atoms with E-state index in [0.29, 0.717) is 0 Å². The van der Waals surface area contributed by atoms with Gasteiger partial charge in [-0.1, -0.05) is 0 Å². The van der Waals surface area contributed by atoms with Crippen molar-refractivity contribution in [2.45, 2.75) is 0 Å². The number of anilines is 1. The number of piperazine rings is 1. The van der Waals surface area contributed by atoms with E-state index < -0.39 is 0 Å². The highest BCUT2D eigenvalue weighted by molar-refractivity contribution is 7.17. The Bertz CT molecular complexity index is 487. The molecule has 1 aliphatic rings. The average Bonchev–Trinajstić information content (AvgIpc) is 2.77. The number of aromatic nitrogens is 2. The quantitative estimate of drug-likeness (QED) is 0.747. The Morgan fingerprint density at radius 3 is 2.88 bits per heavy atom. The van der Waals surface area contributed by atoms with Crippen LogP contribution in [-0.2, 0) is 0 Å². The lowest BCUT2D eigenvalue weighted by Gasteiger charge is -2.32. The normalized spacial score (nSPS) is 18.2. The van der Waals surface area contributed by atoms with Crippen molar-refractivity contribution in [1.82, 2.24) is 14.9 Å². The molecule has 3 heterocycles.